The van der Waals surface area contributed by atoms with Crippen LogP contribution in [0.15, 0.2) is 71.8 Å². The molecule has 1 heterocycles. The van der Waals surface area contributed by atoms with Crippen LogP contribution in [0.2, 0.25) is 0 Å². The molecule has 3 fully saturated rings. The van der Waals surface area contributed by atoms with Gasteiger partial charge in [-0.25, -0.2) is 14.4 Å². The molecule has 3 aliphatic carbocycles. The highest BCUT2D eigenvalue weighted by Crippen LogP contribution is 2.64. The Kier molecular flexibility index (Phi) is 13.5. The third kappa shape index (κ3) is 9.00. The molecule has 5 N–H and O–H groups in total. The number of hydrogen-bond acceptors (Lipinski definition) is 16. The van der Waals surface area contributed by atoms with Gasteiger partial charge in [0.1, 0.15) is 41.7 Å². The number of nitrogens with one attached hydrogen (secondary N) is 1. The second kappa shape index (κ2) is 17.9. The monoisotopic (exact) mass is 907 g/mol. The lowest BCUT2D eigenvalue weighted by Crippen LogP contribution is -2.81. The summed E-state index contributed by atoms with van der Waals surface area (Å²) in [4.78, 5) is 95.2. The van der Waals surface area contributed by atoms with Gasteiger partial charge in [0.25, 0.3) is 0 Å². The first kappa shape index (κ1) is 48.8. The maximum absolute atomic E-state index is 15.1. The molecule has 2 saturated carbocycles. The van der Waals surface area contributed by atoms with E-state index in [0.29, 0.717) is 0 Å². The standard InChI is InChI=1S/C47H57NO17/c1-24-28(61-41(57)36(62-32(53)20-19-31(51)52)34(26-15-11-9-12-16-26)48-42(58)65-43(3,4)5)22-47(59)39(63-40(56)27-17-13-10-14-18-27)37-45(8,38(55)35(54)33(24)44(47,6)7)29(50)21-30-46(37,23-60-30)64-25(2)49/h9-18,28-30,34-37,39,50,54,59H,19-23H2,1-8H3,(H,48,58)(H,51,52)/t28-,29?,30?,34-,35+,36+,37-,39-,45+,46?,47+/m1/s1. The van der Waals surface area contributed by atoms with Gasteiger partial charge in [-0.3, -0.25) is 19.2 Å². The van der Waals surface area contributed by atoms with Crippen LogP contribution in [0.3, 0.4) is 0 Å². The van der Waals surface area contributed by atoms with Gasteiger partial charge in [0, 0.05) is 25.2 Å². The molecule has 18 heteroatoms. The maximum Gasteiger partial charge on any atom is 0.408 e. The Morgan fingerprint density at radius 3 is 2.09 bits per heavy atom. The zero-order chi connectivity index (χ0) is 48.0. The van der Waals surface area contributed by atoms with Gasteiger partial charge in [0.05, 0.1) is 42.4 Å². The lowest BCUT2D eigenvalue weighted by atomic mass is 9.44. The van der Waals surface area contributed by atoms with Gasteiger partial charge < -0.3 is 54.2 Å². The summed E-state index contributed by atoms with van der Waals surface area (Å²) < 4.78 is 35.5. The quantitative estimate of drug-likeness (QED) is 0.116. The van der Waals surface area contributed by atoms with Crippen molar-refractivity contribution in [2.45, 2.75) is 141 Å². The van der Waals surface area contributed by atoms with Crippen molar-refractivity contribution >= 4 is 41.7 Å². The number of fused-ring (bicyclic) bond motifs is 5. The Hall–Kier alpha value is -5.69. The molecule has 11 atom stereocenters. The SMILES string of the molecule is CC(=O)OC12COC1CC(O)[C@]1(C)C(=O)[C@@H](O)C3=C(C)[C@H](OC(=O)[C@@H](OC(=O)CCC(=O)O)[C@H](NC(=O)OC(C)(C)C)c4ccccc4)C[C@](O)([C@H](OC(=O)c4ccccc4)[C@@H]21)C3(C)C. The molecule has 65 heavy (non-hydrogen) atoms. The molecule has 4 aliphatic rings. The van der Waals surface area contributed by atoms with E-state index in [0.717, 1.165) is 6.92 Å². The Labute approximate surface area is 375 Å². The first-order valence-electron chi connectivity index (χ1n) is 21.4. The zero-order valence-corrected chi connectivity index (χ0v) is 37.5. The fourth-order valence-electron chi connectivity index (χ4n) is 10.1. The molecule has 6 rings (SSSR count). The highest BCUT2D eigenvalue weighted by Gasteiger charge is 2.78. The number of aliphatic hydroxyl groups is 3. The van der Waals surface area contributed by atoms with Gasteiger partial charge in [0.15, 0.2) is 11.4 Å². The Bertz CT molecular complexity index is 2240. The van der Waals surface area contributed by atoms with Crippen molar-refractivity contribution in [3.63, 3.8) is 0 Å². The van der Waals surface area contributed by atoms with Crippen molar-refractivity contribution in [3.8, 4) is 0 Å². The second-order valence-electron chi connectivity index (χ2n) is 18.9. The zero-order valence-electron chi connectivity index (χ0n) is 37.5. The average Bonchev–Trinajstić information content (AvgIpc) is 3.22. The van der Waals surface area contributed by atoms with Gasteiger partial charge in [0.2, 0.25) is 6.10 Å². The van der Waals surface area contributed by atoms with Crippen LogP contribution < -0.4 is 5.32 Å². The molecule has 0 spiro atoms. The van der Waals surface area contributed by atoms with E-state index >= 15 is 4.79 Å². The number of carbonyl (C=O) groups excluding carboxylic acids is 6. The molecule has 2 aromatic carbocycles. The van der Waals surface area contributed by atoms with E-state index in [9.17, 15) is 49.2 Å². The van der Waals surface area contributed by atoms with E-state index < -0.39 is 137 Å². The number of ether oxygens (including phenoxy) is 6. The van der Waals surface area contributed by atoms with Crippen LogP contribution in [0.5, 0.6) is 0 Å². The van der Waals surface area contributed by atoms with Gasteiger partial charge in [-0.15, -0.1) is 0 Å². The van der Waals surface area contributed by atoms with Crippen molar-refractivity contribution in [3.05, 3.63) is 82.9 Å². The van der Waals surface area contributed by atoms with E-state index in [1.807, 2.05) is 0 Å². The largest absolute Gasteiger partial charge is 0.481 e. The number of hydrogen-bond donors (Lipinski definition) is 5. The molecule has 1 saturated heterocycles. The number of esters is 4. The van der Waals surface area contributed by atoms with Crippen molar-refractivity contribution in [2.75, 3.05) is 6.61 Å². The highest BCUT2D eigenvalue weighted by molar-refractivity contribution is 5.94. The second-order valence-corrected chi connectivity index (χ2v) is 18.9. The molecule has 352 valence electrons. The van der Waals surface area contributed by atoms with Crippen LogP contribution >= 0.6 is 0 Å². The van der Waals surface area contributed by atoms with Crippen LogP contribution in [-0.2, 0) is 52.4 Å². The third-order valence-electron chi connectivity index (χ3n) is 13.3. The van der Waals surface area contributed by atoms with Crippen LogP contribution in [0.4, 0.5) is 4.79 Å². The minimum absolute atomic E-state index is 0.0334. The summed E-state index contributed by atoms with van der Waals surface area (Å²) in [5.74, 6) is -8.16. The molecular formula is C47H57NO17. The minimum Gasteiger partial charge on any atom is -0.481 e. The van der Waals surface area contributed by atoms with Crippen LogP contribution in [0.25, 0.3) is 0 Å². The van der Waals surface area contributed by atoms with Gasteiger partial charge >= 0.3 is 35.9 Å². The number of carboxylic acid groups (broad SMARTS) is 1. The molecule has 2 bridgehead atoms. The molecule has 0 radical (unpaired) electrons. The summed E-state index contributed by atoms with van der Waals surface area (Å²) >= 11 is 0. The summed E-state index contributed by atoms with van der Waals surface area (Å²) in [6, 6.07) is 14.0. The topological polar surface area (TPSA) is 268 Å². The van der Waals surface area contributed by atoms with Gasteiger partial charge in [-0.1, -0.05) is 62.4 Å². The molecule has 18 nitrogen and oxygen atoms in total. The summed E-state index contributed by atoms with van der Waals surface area (Å²) in [7, 11) is 0. The Morgan fingerprint density at radius 1 is 0.923 bits per heavy atom. The van der Waals surface area contributed by atoms with Crippen molar-refractivity contribution in [1.82, 2.24) is 5.32 Å². The van der Waals surface area contributed by atoms with E-state index in [1.54, 1.807) is 57.2 Å². The Morgan fingerprint density at radius 2 is 1.54 bits per heavy atom. The van der Waals surface area contributed by atoms with Gasteiger partial charge in [-0.05, 0) is 63.5 Å². The molecule has 1 amide bonds. The van der Waals surface area contributed by atoms with E-state index in [2.05, 4.69) is 5.32 Å². The maximum atomic E-state index is 15.1. The number of alkyl carbamates (subject to hydrolysis) is 1. The fourth-order valence-corrected chi connectivity index (χ4v) is 10.1. The van der Waals surface area contributed by atoms with Crippen LogP contribution in [0, 0.1) is 16.7 Å². The lowest BCUT2D eigenvalue weighted by Gasteiger charge is -2.67. The van der Waals surface area contributed by atoms with Crippen LogP contribution in [0.1, 0.15) is 103 Å². The predicted octanol–water partition coefficient (Wildman–Crippen LogP) is 3.68. The first-order chi connectivity index (χ1) is 30.3. The lowest BCUT2D eigenvalue weighted by molar-refractivity contribution is -0.346. The van der Waals surface area contributed by atoms with Crippen molar-refractivity contribution in [2.24, 2.45) is 16.7 Å². The fraction of sp³-hybridized carbons (Fsp3) is 0.553. The molecule has 2 aromatic rings. The Balaban J connectivity index is 1.52. The van der Waals surface area contributed by atoms with Crippen LogP contribution in [-0.4, -0.2) is 122 Å². The number of carbonyl (C=O) groups is 7. The number of ketones is 1. The van der Waals surface area contributed by atoms with Crippen molar-refractivity contribution in [1.29, 1.82) is 0 Å². The van der Waals surface area contributed by atoms with E-state index in [-0.39, 0.29) is 35.3 Å². The number of Topliss-reactive ketones (excluding diaryl/α,β-unsaturated/α-hetero) is 1. The summed E-state index contributed by atoms with van der Waals surface area (Å²) in [5.41, 5.74) is -8.90. The number of carboxylic acids is 1. The van der Waals surface area contributed by atoms with Crippen molar-refractivity contribution < 1.29 is 82.4 Å². The number of benzene rings is 2. The molecule has 0 aromatic heterocycles. The average molecular weight is 908 g/mol. The number of aliphatic carboxylic acids is 1. The number of aliphatic hydroxyl groups excluding tert-OH is 2. The summed E-state index contributed by atoms with van der Waals surface area (Å²) in [6.45, 7) is 11.4. The summed E-state index contributed by atoms with van der Waals surface area (Å²) in [5, 5.41) is 49.8. The molecule has 3 unspecified atom stereocenters. The predicted molar refractivity (Wildman–Crippen MR) is 224 cm³/mol. The number of amides is 1. The normalized spacial score (nSPS) is 31.2. The number of rotatable bonds is 12. The van der Waals surface area contributed by atoms with Gasteiger partial charge in [-0.2, -0.15) is 0 Å². The third-order valence-corrected chi connectivity index (χ3v) is 13.3. The van der Waals surface area contributed by atoms with E-state index in [1.165, 1.54) is 52.0 Å². The van der Waals surface area contributed by atoms with E-state index in [4.69, 9.17) is 28.4 Å². The molecular weight excluding hydrogens is 851 g/mol. The minimum atomic E-state index is -2.46. The summed E-state index contributed by atoms with van der Waals surface area (Å²) in [6.07, 6.45) is -13.5. The smallest absolute Gasteiger partial charge is 0.408 e. The molecule has 1 aliphatic heterocycles. The highest BCUT2D eigenvalue weighted by atomic mass is 16.6. The first-order valence-corrected chi connectivity index (χ1v) is 21.4.